The molecule has 61 heavy (non-hydrogen) atoms. The zero-order valence-corrected chi connectivity index (χ0v) is 34.4. The molecule has 2 aliphatic rings. The molecule has 1 fully saturated rings. The third kappa shape index (κ3) is 11.7. The summed E-state index contributed by atoms with van der Waals surface area (Å²) in [5.74, 6) is -3.03. The Hall–Kier alpha value is -6.89. The average Bonchev–Trinajstić information content (AvgIpc) is 3.27. The lowest BCUT2D eigenvalue weighted by molar-refractivity contribution is -0.145. The van der Waals surface area contributed by atoms with Crippen molar-refractivity contribution in [1.29, 1.82) is 0 Å². The summed E-state index contributed by atoms with van der Waals surface area (Å²) in [6.45, 7) is 1.98. The number of nitrogens with zero attached hydrogens (tertiary/aromatic N) is 1. The van der Waals surface area contributed by atoms with Crippen molar-refractivity contribution in [3.8, 4) is 11.1 Å². The number of rotatable bonds is 7. The predicted octanol–water partition coefficient (Wildman–Crippen LogP) is 4.03. The Kier molecular flexibility index (Phi) is 14.6. The first-order valence-corrected chi connectivity index (χ1v) is 20.4. The summed E-state index contributed by atoms with van der Waals surface area (Å²) in [5.41, 5.74) is 4.28. The van der Waals surface area contributed by atoms with E-state index in [1.807, 2.05) is 66.7 Å². The molecule has 1 saturated heterocycles. The zero-order valence-electron chi connectivity index (χ0n) is 34.4. The Morgan fingerprint density at radius 3 is 2.13 bits per heavy atom. The van der Waals surface area contributed by atoms with Gasteiger partial charge in [-0.2, -0.15) is 0 Å². The third-order valence-electron chi connectivity index (χ3n) is 11.2. The van der Waals surface area contributed by atoms with Crippen LogP contribution < -0.4 is 21.3 Å². The molecule has 0 spiro atoms. The average molecular weight is 826 g/mol. The number of benzene rings is 4. The van der Waals surface area contributed by atoms with Gasteiger partial charge in [0.1, 0.15) is 12.1 Å². The first-order chi connectivity index (χ1) is 29.4. The maximum absolute atomic E-state index is 14.8. The van der Waals surface area contributed by atoms with Crippen molar-refractivity contribution in [2.75, 3.05) is 26.7 Å². The minimum absolute atomic E-state index is 0.00538. The number of fused-ring (bicyclic) bond motifs is 3. The summed E-state index contributed by atoms with van der Waals surface area (Å²) in [4.78, 5) is 94.9. The molecular weight excluding hydrogens is 775 g/mol. The van der Waals surface area contributed by atoms with Crippen LogP contribution in [0.3, 0.4) is 0 Å². The van der Waals surface area contributed by atoms with Crippen LogP contribution in [0.4, 0.5) is 0 Å². The highest BCUT2D eigenvalue weighted by Gasteiger charge is 2.44. The van der Waals surface area contributed by atoms with E-state index in [1.54, 1.807) is 41.3 Å². The first-order valence-electron chi connectivity index (χ1n) is 20.4. The van der Waals surface area contributed by atoms with E-state index >= 15 is 0 Å². The lowest BCUT2D eigenvalue weighted by Gasteiger charge is -2.42. The summed E-state index contributed by atoms with van der Waals surface area (Å²) in [6, 6.07) is 29.5. The van der Waals surface area contributed by atoms with Crippen LogP contribution in [0.5, 0.6) is 0 Å². The number of ketones is 1. The van der Waals surface area contributed by atoms with Crippen molar-refractivity contribution in [2.24, 2.45) is 5.41 Å². The van der Waals surface area contributed by atoms with E-state index in [2.05, 4.69) is 21.3 Å². The van der Waals surface area contributed by atoms with Crippen molar-refractivity contribution in [1.82, 2.24) is 26.2 Å². The number of nitrogens with one attached hydrogen (secondary N) is 4. The van der Waals surface area contributed by atoms with Gasteiger partial charge in [-0.3, -0.25) is 28.8 Å². The molecule has 0 aromatic heterocycles. The molecule has 0 aliphatic carbocycles. The second kappa shape index (κ2) is 20.4. The van der Waals surface area contributed by atoms with E-state index < -0.39 is 47.1 Å². The Balaban J connectivity index is 1.33. The van der Waals surface area contributed by atoms with Gasteiger partial charge in [-0.15, -0.1) is 0 Å². The van der Waals surface area contributed by atoms with E-state index in [1.165, 1.54) is 14.0 Å². The van der Waals surface area contributed by atoms with Crippen molar-refractivity contribution >= 4 is 41.3 Å². The second-order valence-corrected chi connectivity index (χ2v) is 15.6. The van der Waals surface area contributed by atoms with Gasteiger partial charge in [0.2, 0.25) is 29.5 Å². The van der Waals surface area contributed by atoms with Crippen LogP contribution in [-0.2, 0) is 59.3 Å². The number of methoxy groups -OCH3 is 1. The Morgan fingerprint density at radius 1 is 0.770 bits per heavy atom. The molecule has 5 amide bonds. The summed E-state index contributed by atoms with van der Waals surface area (Å²) in [7, 11) is 1.21. The fourth-order valence-corrected chi connectivity index (χ4v) is 7.87. The maximum atomic E-state index is 14.8. The molecule has 2 bridgehead atoms. The highest BCUT2D eigenvalue weighted by Crippen LogP contribution is 2.35. The van der Waals surface area contributed by atoms with Gasteiger partial charge in [0.25, 0.3) is 0 Å². The lowest BCUT2D eigenvalue weighted by atomic mass is 9.74. The molecule has 0 saturated carbocycles. The number of amides is 5. The molecular formula is C48H51N5O8. The standard InChI is InChI=1S/C48H51N5O8/c1-32(54)35-17-19-37(20-18-35)36-15-13-33(14-16-36)27-41-45(58)50-30-39-12-7-6-11-38(39)28-43(56)51-40(46(59)61-2)23-25-49-42(55)21-22-44(57)53-26-8-24-48(31-53,47(60)52-41)29-34-9-4-3-5-10-34/h3-7,9-22,40-41H,8,23-31H2,1-2H3,(H,49,55)(H,50,58)(H,51,56)(H,52,60)/b22-21+/t40-,41-,48-/m0/s1. The monoisotopic (exact) mass is 825 g/mol. The smallest absolute Gasteiger partial charge is 0.328 e. The predicted molar refractivity (Wildman–Crippen MR) is 229 cm³/mol. The van der Waals surface area contributed by atoms with Gasteiger partial charge in [-0.05, 0) is 66.0 Å². The van der Waals surface area contributed by atoms with Crippen molar-refractivity contribution < 1.29 is 38.3 Å². The van der Waals surface area contributed by atoms with E-state index in [-0.39, 0.29) is 50.6 Å². The maximum Gasteiger partial charge on any atom is 0.328 e. The van der Waals surface area contributed by atoms with Crippen LogP contribution in [0.1, 0.15) is 58.8 Å². The fourth-order valence-electron chi connectivity index (χ4n) is 7.87. The normalized spacial score (nSPS) is 21.2. The zero-order chi connectivity index (χ0) is 43.4. The molecule has 3 atom stereocenters. The molecule has 0 unspecified atom stereocenters. The van der Waals surface area contributed by atoms with Gasteiger partial charge in [0, 0.05) is 50.3 Å². The number of carbonyl (C=O) groups is 7. The minimum Gasteiger partial charge on any atom is -0.467 e. The van der Waals surface area contributed by atoms with Crippen LogP contribution in [0.2, 0.25) is 0 Å². The molecule has 316 valence electrons. The van der Waals surface area contributed by atoms with Gasteiger partial charge in [0.15, 0.2) is 5.78 Å². The number of hydrogen-bond donors (Lipinski definition) is 4. The van der Waals surface area contributed by atoms with Crippen molar-refractivity contribution in [2.45, 2.75) is 64.1 Å². The molecule has 13 nitrogen and oxygen atoms in total. The van der Waals surface area contributed by atoms with Gasteiger partial charge >= 0.3 is 5.97 Å². The largest absolute Gasteiger partial charge is 0.467 e. The second-order valence-electron chi connectivity index (χ2n) is 15.6. The molecule has 6 rings (SSSR count). The van der Waals surface area contributed by atoms with Gasteiger partial charge in [-0.25, -0.2) is 4.79 Å². The highest BCUT2D eigenvalue weighted by atomic mass is 16.5. The molecule has 4 N–H and O–H groups in total. The number of Topliss-reactive ketones (excluding diaryl/α,β-unsaturated/α-hetero) is 1. The van der Waals surface area contributed by atoms with E-state index in [0.29, 0.717) is 42.5 Å². The topological polar surface area (TPSA) is 180 Å². The van der Waals surface area contributed by atoms with E-state index in [9.17, 15) is 33.6 Å². The summed E-state index contributed by atoms with van der Waals surface area (Å²) >= 11 is 0. The van der Waals surface area contributed by atoms with Gasteiger partial charge < -0.3 is 30.9 Å². The summed E-state index contributed by atoms with van der Waals surface area (Å²) < 4.78 is 4.91. The molecule has 13 heteroatoms. The SMILES string of the molecule is COC(=O)[C@@H]1CCNC(=O)/C=C/C(=O)N2CCC[C@](Cc3ccccc3)(C2)C(=O)N[C@@H](Cc2ccc(-c3ccc(C(C)=O)cc3)cc2)C(=O)NCc2ccccc2CC(=O)N1. The van der Waals surface area contributed by atoms with Crippen molar-refractivity contribution in [3.63, 3.8) is 0 Å². The van der Waals surface area contributed by atoms with Crippen LogP contribution in [0.25, 0.3) is 11.1 Å². The lowest BCUT2D eigenvalue weighted by Crippen LogP contribution is -2.58. The Labute approximate surface area is 355 Å². The Morgan fingerprint density at radius 2 is 1.44 bits per heavy atom. The number of esters is 1. The highest BCUT2D eigenvalue weighted by molar-refractivity contribution is 5.98. The summed E-state index contributed by atoms with van der Waals surface area (Å²) in [5, 5.41) is 11.4. The summed E-state index contributed by atoms with van der Waals surface area (Å²) in [6.07, 6.45) is 3.59. The van der Waals surface area contributed by atoms with Crippen LogP contribution >= 0.6 is 0 Å². The number of carbonyl (C=O) groups excluding carboxylic acids is 7. The molecule has 4 aromatic carbocycles. The first kappa shape index (κ1) is 43.7. The van der Waals surface area contributed by atoms with E-state index in [0.717, 1.165) is 34.4 Å². The quantitative estimate of drug-likeness (QED) is 0.159. The third-order valence-corrected chi connectivity index (χ3v) is 11.2. The van der Waals surface area contributed by atoms with Gasteiger partial charge in [0.05, 0.1) is 18.9 Å². The molecule has 4 aromatic rings. The fraction of sp³-hybridized carbons (Fsp3) is 0.312. The molecule has 2 aliphatic heterocycles. The molecule has 2 heterocycles. The van der Waals surface area contributed by atoms with Crippen LogP contribution in [0.15, 0.2) is 115 Å². The number of ether oxygens (including phenoxy) is 1. The van der Waals surface area contributed by atoms with Gasteiger partial charge in [-0.1, -0.05) is 103 Å². The van der Waals surface area contributed by atoms with Crippen molar-refractivity contribution in [3.05, 3.63) is 143 Å². The minimum atomic E-state index is -1.11. The number of piperidine rings is 1. The van der Waals surface area contributed by atoms with E-state index in [4.69, 9.17) is 4.74 Å². The van der Waals surface area contributed by atoms with Crippen LogP contribution in [-0.4, -0.2) is 85.0 Å². The Bertz CT molecular complexity index is 2280. The number of hydrogen-bond acceptors (Lipinski definition) is 8. The molecule has 0 radical (unpaired) electrons. The van der Waals surface area contributed by atoms with Crippen LogP contribution in [0, 0.1) is 5.41 Å².